The SMILES string of the molecule is COc1ccc(OC)c(-c2cccc3c(N)c(C(=O)NC4CC4)nnc23)c1. The van der Waals surface area contributed by atoms with E-state index in [1.54, 1.807) is 14.2 Å². The molecule has 3 aromatic rings. The molecule has 4 rings (SSSR count). The van der Waals surface area contributed by atoms with Crippen LogP contribution >= 0.6 is 0 Å². The number of carbonyl (C=O) groups is 1. The van der Waals surface area contributed by atoms with Gasteiger partial charge in [-0.3, -0.25) is 4.79 Å². The number of hydrogen-bond donors (Lipinski definition) is 2. The van der Waals surface area contributed by atoms with Gasteiger partial charge in [-0.2, -0.15) is 0 Å². The third-order valence-electron chi connectivity index (χ3n) is 4.66. The molecule has 0 unspecified atom stereocenters. The molecule has 138 valence electrons. The van der Waals surface area contributed by atoms with Crippen molar-refractivity contribution in [3.8, 4) is 22.6 Å². The van der Waals surface area contributed by atoms with Gasteiger partial charge in [0, 0.05) is 22.6 Å². The Labute approximate surface area is 156 Å². The van der Waals surface area contributed by atoms with Gasteiger partial charge in [0.05, 0.1) is 19.9 Å². The maximum atomic E-state index is 12.4. The Hall–Kier alpha value is -3.35. The van der Waals surface area contributed by atoms with E-state index in [1.165, 1.54) is 0 Å². The molecule has 7 nitrogen and oxygen atoms in total. The minimum Gasteiger partial charge on any atom is -0.497 e. The van der Waals surface area contributed by atoms with Gasteiger partial charge in [-0.25, -0.2) is 0 Å². The van der Waals surface area contributed by atoms with Gasteiger partial charge in [-0.1, -0.05) is 18.2 Å². The fraction of sp³-hybridized carbons (Fsp3) is 0.250. The molecule has 1 amide bonds. The third kappa shape index (κ3) is 3.12. The van der Waals surface area contributed by atoms with E-state index in [-0.39, 0.29) is 17.6 Å². The summed E-state index contributed by atoms with van der Waals surface area (Å²) in [4.78, 5) is 12.4. The third-order valence-corrected chi connectivity index (χ3v) is 4.66. The van der Waals surface area contributed by atoms with Crippen LogP contribution < -0.4 is 20.5 Å². The fourth-order valence-electron chi connectivity index (χ4n) is 3.04. The number of nitrogens with two attached hydrogens (primary N) is 1. The number of nitrogens with zero attached hydrogens (tertiary/aromatic N) is 2. The molecule has 1 heterocycles. The minimum atomic E-state index is -0.284. The van der Waals surface area contributed by atoms with Crippen LogP contribution in [0.3, 0.4) is 0 Å². The highest BCUT2D eigenvalue weighted by atomic mass is 16.5. The quantitative estimate of drug-likeness (QED) is 0.722. The van der Waals surface area contributed by atoms with Gasteiger partial charge in [0.1, 0.15) is 17.0 Å². The minimum absolute atomic E-state index is 0.157. The summed E-state index contributed by atoms with van der Waals surface area (Å²) in [5, 5.41) is 12.0. The van der Waals surface area contributed by atoms with E-state index in [0.29, 0.717) is 28.1 Å². The molecular formula is C20H20N4O3. The molecule has 2 aromatic carbocycles. The second kappa shape index (κ2) is 6.75. The van der Waals surface area contributed by atoms with Crippen LogP contribution in [-0.2, 0) is 0 Å². The van der Waals surface area contributed by atoms with E-state index in [9.17, 15) is 4.79 Å². The van der Waals surface area contributed by atoms with Gasteiger partial charge in [-0.05, 0) is 31.0 Å². The summed E-state index contributed by atoms with van der Waals surface area (Å²) in [5.41, 5.74) is 8.96. The zero-order valence-electron chi connectivity index (χ0n) is 15.2. The van der Waals surface area contributed by atoms with Gasteiger partial charge in [0.15, 0.2) is 5.69 Å². The van der Waals surface area contributed by atoms with E-state index in [4.69, 9.17) is 15.2 Å². The number of nitrogens with one attached hydrogen (secondary N) is 1. The van der Waals surface area contributed by atoms with Crippen LogP contribution in [0.1, 0.15) is 23.3 Å². The number of aromatic nitrogens is 2. The number of fused-ring (bicyclic) bond motifs is 1. The molecule has 0 atom stereocenters. The molecule has 1 aliphatic carbocycles. The van der Waals surface area contributed by atoms with E-state index < -0.39 is 0 Å². The zero-order chi connectivity index (χ0) is 19.0. The van der Waals surface area contributed by atoms with Crippen LogP contribution in [-0.4, -0.2) is 36.4 Å². The van der Waals surface area contributed by atoms with Crippen LogP contribution in [0.25, 0.3) is 22.0 Å². The summed E-state index contributed by atoms with van der Waals surface area (Å²) in [6, 6.07) is 11.4. The van der Waals surface area contributed by atoms with Gasteiger partial charge in [0.2, 0.25) is 0 Å². The molecule has 0 saturated heterocycles. The zero-order valence-corrected chi connectivity index (χ0v) is 15.2. The first-order valence-electron chi connectivity index (χ1n) is 8.70. The molecule has 0 bridgehead atoms. The van der Waals surface area contributed by atoms with E-state index >= 15 is 0 Å². The van der Waals surface area contributed by atoms with Gasteiger partial charge >= 0.3 is 0 Å². The lowest BCUT2D eigenvalue weighted by atomic mass is 10.00. The Bertz CT molecular complexity index is 1030. The Morgan fingerprint density at radius 1 is 1.11 bits per heavy atom. The molecule has 1 saturated carbocycles. The lowest BCUT2D eigenvalue weighted by Gasteiger charge is -2.13. The number of hydrogen-bond acceptors (Lipinski definition) is 6. The summed E-state index contributed by atoms with van der Waals surface area (Å²) in [5.74, 6) is 1.09. The van der Waals surface area contributed by atoms with Gasteiger partial charge in [-0.15, -0.1) is 10.2 Å². The standard InChI is InChI=1S/C20H20N4O3/c1-26-12-8-9-16(27-2)15(10-12)13-4-3-5-14-17(21)19(24-23-18(13)14)20(25)22-11-6-7-11/h3-5,8-11H,6-7H2,1-2H3,(H2,21,23)(H,22,25). The highest BCUT2D eigenvalue weighted by Gasteiger charge is 2.26. The van der Waals surface area contributed by atoms with E-state index in [1.807, 2.05) is 36.4 Å². The molecule has 27 heavy (non-hydrogen) atoms. The maximum Gasteiger partial charge on any atom is 0.274 e. The smallest absolute Gasteiger partial charge is 0.274 e. The summed E-state index contributed by atoms with van der Waals surface area (Å²) < 4.78 is 10.8. The van der Waals surface area contributed by atoms with Crippen molar-refractivity contribution in [3.05, 3.63) is 42.1 Å². The highest BCUT2D eigenvalue weighted by Crippen LogP contribution is 2.38. The molecule has 0 radical (unpaired) electrons. The van der Waals surface area contributed by atoms with Crippen molar-refractivity contribution in [2.24, 2.45) is 0 Å². The van der Waals surface area contributed by atoms with Crippen molar-refractivity contribution in [2.45, 2.75) is 18.9 Å². The summed E-state index contributed by atoms with van der Waals surface area (Å²) >= 11 is 0. The van der Waals surface area contributed by atoms with Gasteiger partial charge in [0.25, 0.3) is 5.91 Å². The topological polar surface area (TPSA) is 99.4 Å². The summed E-state index contributed by atoms with van der Waals surface area (Å²) in [7, 11) is 3.22. The molecule has 0 aliphatic heterocycles. The second-order valence-corrected chi connectivity index (χ2v) is 6.48. The Morgan fingerprint density at radius 3 is 2.63 bits per heavy atom. The second-order valence-electron chi connectivity index (χ2n) is 6.48. The first kappa shape index (κ1) is 17.1. The van der Waals surface area contributed by atoms with Crippen molar-refractivity contribution in [1.82, 2.24) is 15.5 Å². The van der Waals surface area contributed by atoms with Crippen LogP contribution in [0.15, 0.2) is 36.4 Å². The average Bonchev–Trinajstić information content (AvgIpc) is 3.51. The summed E-state index contributed by atoms with van der Waals surface area (Å²) in [6.45, 7) is 0. The molecule has 1 aromatic heterocycles. The lowest BCUT2D eigenvalue weighted by molar-refractivity contribution is 0.0946. The predicted molar refractivity (Wildman–Crippen MR) is 103 cm³/mol. The van der Waals surface area contributed by atoms with Crippen LogP contribution in [0.4, 0.5) is 5.69 Å². The van der Waals surface area contributed by atoms with Crippen LogP contribution in [0.5, 0.6) is 11.5 Å². The number of anilines is 1. The van der Waals surface area contributed by atoms with Crippen molar-refractivity contribution in [2.75, 3.05) is 20.0 Å². The lowest BCUT2D eigenvalue weighted by Crippen LogP contribution is -2.27. The number of amides is 1. The van der Waals surface area contributed by atoms with Gasteiger partial charge < -0.3 is 20.5 Å². The Morgan fingerprint density at radius 2 is 1.93 bits per heavy atom. The van der Waals surface area contributed by atoms with E-state index in [2.05, 4.69) is 15.5 Å². The molecule has 1 fully saturated rings. The normalized spacial score (nSPS) is 13.4. The average molecular weight is 364 g/mol. The molecular weight excluding hydrogens is 344 g/mol. The number of ether oxygens (including phenoxy) is 2. The van der Waals surface area contributed by atoms with Crippen molar-refractivity contribution in [1.29, 1.82) is 0 Å². The number of carbonyl (C=O) groups excluding carboxylic acids is 1. The largest absolute Gasteiger partial charge is 0.497 e. The first-order chi connectivity index (χ1) is 13.1. The first-order valence-corrected chi connectivity index (χ1v) is 8.70. The number of benzene rings is 2. The fourth-order valence-corrected chi connectivity index (χ4v) is 3.04. The predicted octanol–water partition coefficient (Wildman–Crippen LogP) is 2.79. The highest BCUT2D eigenvalue weighted by molar-refractivity contribution is 6.08. The van der Waals surface area contributed by atoms with E-state index in [0.717, 1.165) is 24.0 Å². The number of rotatable bonds is 5. The molecule has 7 heteroatoms. The number of nitrogen functional groups attached to an aromatic ring is 1. The molecule has 3 N–H and O–H groups in total. The van der Waals surface area contributed by atoms with Crippen LogP contribution in [0.2, 0.25) is 0 Å². The van der Waals surface area contributed by atoms with Crippen LogP contribution in [0, 0.1) is 0 Å². The molecule has 0 spiro atoms. The van der Waals surface area contributed by atoms with Crippen molar-refractivity contribution < 1.29 is 14.3 Å². The molecule has 1 aliphatic rings. The maximum absolute atomic E-state index is 12.4. The summed E-state index contributed by atoms with van der Waals surface area (Å²) in [6.07, 6.45) is 1.98. The van der Waals surface area contributed by atoms with Crippen molar-refractivity contribution in [3.63, 3.8) is 0 Å². The Balaban J connectivity index is 1.86. The number of methoxy groups -OCH3 is 2. The van der Waals surface area contributed by atoms with Crippen molar-refractivity contribution >= 4 is 22.5 Å². The Kier molecular flexibility index (Phi) is 4.27. The monoisotopic (exact) mass is 364 g/mol.